The quantitative estimate of drug-likeness (QED) is 0.437. The van der Waals surface area contributed by atoms with Gasteiger partial charge in [-0.2, -0.15) is 0 Å². The maximum absolute atomic E-state index is 5.92. The van der Waals surface area contributed by atoms with E-state index in [2.05, 4.69) is 10.4 Å². The van der Waals surface area contributed by atoms with E-state index >= 15 is 0 Å². The molecule has 5 nitrogen and oxygen atoms in total. The third-order valence-corrected chi connectivity index (χ3v) is 2.08. The van der Waals surface area contributed by atoms with Crippen LogP contribution in [0.2, 0.25) is 5.02 Å². The molecule has 0 spiro atoms. The zero-order chi connectivity index (χ0) is 11.1. The molecule has 1 aromatic heterocycles. The van der Waals surface area contributed by atoms with Crippen LogP contribution < -0.4 is 11.3 Å². The van der Waals surface area contributed by atoms with Gasteiger partial charge in [-0.15, -0.1) is 0 Å². The highest BCUT2D eigenvalue weighted by Crippen LogP contribution is 2.16. The van der Waals surface area contributed by atoms with E-state index in [9.17, 15) is 0 Å². The largest absolute Gasteiger partial charge is 0.382 e. The van der Waals surface area contributed by atoms with Crippen molar-refractivity contribution in [1.82, 2.24) is 4.98 Å². The number of nitrogens with two attached hydrogens (primary N) is 1. The topological polar surface area (TPSA) is 69.4 Å². The van der Waals surface area contributed by atoms with Gasteiger partial charge in [0, 0.05) is 7.11 Å². The molecule has 0 unspecified atom stereocenters. The fourth-order valence-electron chi connectivity index (χ4n) is 0.977. The monoisotopic (exact) mass is 231 g/mol. The number of halogens is 1. The molecular weight excluding hydrogens is 218 g/mol. The van der Waals surface area contributed by atoms with Crippen LogP contribution in [0.3, 0.4) is 0 Å². The minimum atomic E-state index is 0.345. The minimum absolute atomic E-state index is 0.345. The van der Waals surface area contributed by atoms with Gasteiger partial charge >= 0.3 is 0 Å². The van der Waals surface area contributed by atoms with Crippen molar-refractivity contribution in [2.24, 2.45) is 5.84 Å². The van der Waals surface area contributed by atoms with Crippen molar-refractivity contribution in [1.29, 1.82) is 0 Å². The number of rotatable bonds is 6. The second-order valence-corrected chi connectivity index (χ2v) is 3.22. The SMILES string of the molecule is COCCOCc1nc(NN)ccc1Cl. The van der Waals surface area contributed by atoms with Crippen molar-refractivity contribution in [2.75, 3.05) is 25.7 Å². The van der Waals surface area contributed by atoms with Crippen molar-refractivity contribution in [3.8, 4) is 0 Å². The summed E-state index contributed by atoms with van der Waals surface area (Å²) in [6.45, 7) is 1.40. The summed E-state index contributed by atoms with van der Waals surface area (Å²) in [5, 5.41) is 0.561. The third kappa shape index (κ3) is 4.01. The normalized spacial score (nSPS) is 10.3. The first-order valence-electron chi connectivity index (χ1n) is 4.46. The highest BCUT2D eigenvalue weighted by Gasteiger charge is 2.03. The second kappa shape index (κ2) is 6.58. The zero-order valence-corrected chi connectivity index (χ0v) is 9.25. The van der Waals surface area contributed by atoms with E-state index in [1.165, 1.54) is 0 Å². The Hall–Kier alpha value is -0.880. The number of pyridine rings is 1. The Morgan fingerprint density at radius 2 is 2.27 bits per heavy atom. The summed E-state index contributed by atoms with van der Waals surface area (Å²) in [5.41, 5.74) is 3.10. The van der Waals surface area contributed by atoms with Crippen LogP contribution in [0.25, 0.3) is 0 Å². The molecule has 0 aliphatic rings. The Bertz CT molecular complexity index is 309. The number of anilines is 1. The van der Waals surface area contributed by atoms with Gasteiger partial charge in [-0.1, -0.05) is 11.6 Å². The fraction of sp³-hybridized carbons (Fsp3) is 0.444. The molecule has 0 amide bonds. The average molecular weight is 232 g/mol. The zero-order valence-electron chi connectivity index (χ0n) is 8.50. The highest BCUT2D eigenvalue weighted by atomic mass is 35.5. The van der Waals surface area contributed by atoms with Gasteiger partial charge in [0.05, 0.1) is 30.5 Å². The van der Waals surface area contributed by atoms with E-state index in [1.807, 2.05) is 0 Å². The maximum Gasteiger partial charge on any atom is 0.140 e. The lowest BCUT2D eigenvalue weighted by molar-refractivity contribution is 0.0603. The number of hydrogen-bond donors (Lipinski definition) is 2. The lowest BCUT2D eigenvalue weighted by atomic mass is 10.3. The molecule has 84 valence electrons. The molecule has 1 rings (SSSR count). The molecule has 0 atom stereocenters. The molecule has 0 saturated heterocycles. The van der Waals surface area contributed by atoms with Crippen LogP contribution in [0.15, 0.2) is 12.1 Å². The molecule has 1 aromatic rings. The smallest absolute Gasteiger partial charge is 0.140 e. The van der Waals surface area contributed by atoms with Gasteiger partial charge in [0.1, 0.15) is 5.82 Å². The summed E-state index contributed by atoms with van der Waals surface area (Å²) in [4.78, 5) is 4.15. The number of ether oxygens (including phenoxy) is 2. The van der Waals surface area contributed by atoms with Gasteiger partial charge in [-0.25, -0.2) is 10.8 Å². The van der Waals surface area contributed by atoms with E-state index in [4.69, 9.17) is 26.9 Å². The number of nitrogens with zero attached hydrogens (tertiary/aromatic N) is 1. The number of nitrogens with one attached hydrogen (secondary N) is 1. The number of aromatic nitrogens is 1. The molecule has 0 saturated carbocycles. The summed E-state index contributed by atoms with van der Waals surface area (Å²) in [7, 11) is 1.62. The van der Waals surface area contributed by atoms with Gasteiger partial charge in [0.2, 0.25) is 0 Å². The summed E-state index contributed by atoms with van der Waals surface area (Å²) < 4.78 is 10.1. The fourth-order valence-corrected chi connectivity index (χ4v) is 1.14. The number of hydrogen-bond acceptors (Lipinski definition) is 5. The first kappa shape index (κ1) is 12.2. The van der Waals surface area contributed by atoms with E-state index < -0.39 is 0 Å². The predicted octanol–water partition coefficient (Wildman–Crippen LogP) is 1.18. The Labute approximate surface area is 93.5 Å². The van der Waals surface area contributed by atoms with Gasteiger partial charge in [-0.05, 0) is 12.1 Å². The van der Waals surface area contributed by atoms with E-state index in [0.717, 1.165) is 0 Å². The molecule has 0 aliphatic heterocycles. The van der Waals surface area contributed by atoms with Gasteiger partial charge in [0.25, 0.3) is 0 Å². The molecule has 0 radical (unpaired) electrons. The Kier molecular flexibility index (Phi) is 5.34. The third-order valence-electron chi connectivity index (χ3n) is 1.74. The van der Waals surface area contributed by atoms with Crippen LogP contribution >= 0.6 is 11.6 Å². The highest BCUT2D eigenvalue weighted by molar-refractivity contribution is 6.31. The van der Waals surface area contributed by atoms with Crippen LogP contribution in [-0.2, 0) is 16.1 Å². The average Bonchev–Trinajstić information content (AvgIpc) is 2.26. The summed E-state index contributed by atoms with van der Waals surface area (Å²) in [6.07, 6.45) is 0. The predicted molar refractivity (Wildman–Crippen MR) is 58.6 cm³/mol. The molecule has 0 aliphatic carbocycles. The van der Waals surface area contributed by atoms with Crippen LogP contribution in [0.4, 0.5) is 5.82 Å². The second-order valence-electron chi connectivity index (χ2n) is 2.81. The minimum Gasteiger partial charge on any atom is -0.382 e. The Balaban J connectivity index is 2.51. The first-order valence-corrected chi connectivity index (χ1v) is 4.84. The van der Waals surface area contributed by atoms with Crippen LogP contribution in [0, 0.1) is 0 Å². The summed E-state index contributed by atoms with van der Waals surface area (Å²) >= 11 is 5.92. The van der Waals surface area contributed by atoms with Crippen LogP contribution in [0.1, 0.15) is 5.69 Å². The van der Waals surface area contributed by atoms with Crippen LogP contribution in [-0.4, -0.2) is 25.3 Å². The Morgan fingerprint density at radius 1 is 1.47 bits per heavy atom. The Morgan fingerprint density at radius 3 is 2.93 bits per heavy atom. The molecular formula is C9H14ClN3O2. The van der Waals surface area contributed by atoms with Gasteiger partial charge in [-0.3, -0.25) is 0 Å². The number of hydrazine groups is 1. The van der Waals surface area contributed by atoms with Crippen molar-refractivity contribution in [2.45, 2.75) is 6.61 Å². The molecule has 0 bridgehead atoms. The van der Waals surface area contributed by atoms with Gasteiger partial charge < -0.3 is 14.9 Å². The standard InChI is InChI=1S/C9H14ClN3O2/c1-14-4-5-15-6-8-7(10)2-3-9(12-8)13-11/h2-3H,4-6,11H2,1H3,(H,12,13). The number of nitrogen functional groups attached to an aromatic ring is 1. The molecule has 15 heavy (non-hydrogen) atoms. The first-order chi connectivity index (χ1) is 7.27. The van der Waals surface area contributed by atoms with Crippen molar-refractivity contribution >= 4 is 17.4 Å². The lowest BCUT2D eigenvalue weighted by Gasteiger charge is -2.07. The van der Waals surface area contributed by atoms with Crippen molar-refractivity contribution in [3.63, 3.8) is 0 Å². The summed E-state index contributed by atoms with van der Waals surface area (Å²) in [5.74, 6) is 5.79. The van der Waals surface area contributed by atoms with Crippen LogP contribution in [0.5, 0.6) is 0 Å². The maximum atomic E-state index is 5.92. The van der Waals surface area contributed by atoms with E-state index in [-0.39, 0.29) is 0 Å². The summed E-state index contributed by atoms with van der Waals surface area (Å²) in [6, 6.07) is 3.42. The van der Waals surface area contributed by atoms with Crippen molar-refractivity contribution in [3.05, 3.63) is 22.8 Å². The molecule has 0 fully saturated rings. The lowest BCUT2D eigenvalue weighted by Crippen LogP contribution is -2.10. The van der Waals surface area contributed by atoms with E-state index in [1.54, 1.807) is 19.2 Å². The molecule has 3 N–H and O–H groups in total. The molecule has 1 heterocycles. The molecule has 0 aromatic carbocycles. The van der Waals surface area contributed by atoms with Crippen molar-refractivity contribution < 1.29 is 9.47 Å². The van der Waals surface area contributed by atoms with E-state index in [0.29, 0.717) is 36.4 Å². The van der Waals surface area contributed by atoms with Gasteiger partial charge in [0.15, 0.2) is 0 Å². The number of methoxy groups -OCH3 is 1. The molecule has 6 heteroatoms.